The molecule has 2 aliphatic rings. The molecule has 3 heterocycles. The van der Waals surface area contributed by atoms with Crippen LogP contribution in [0.3, 0.4) is 0 Å². The third-order valence-corrected chi connectivity index (χ3v) is 5.66. The van der Waals surface area contributed by atoms with Gasteiger partial charge in [-0.15, -0.1) is 0 Å². The second-order valence-electron chi connectivity index (χ2n) is 8.44. The number of nitrogens with zero attached hydrogens (tertiary/aromatic N) is 3. The number of pyridine rings is 1. The Hall–Kier alpha value is -1.99. The lowest BCUT2D eigenvalue weighted by atomic mass is 9.87. The molecule has 1 saturated heterocycles. The van der Waals surface area contributed by atoms with E-state index in [-0.39, 0.29) is 0 Å². The van der Waals surface area contributed by atoms with Gasteiger partial charge in [0.2, 0.25) is 0 Å². The van der Waals surface area contributed by atoms with Crippen LogP contribution in [0.25, 0.3) is 17.3 Å². The lowest BCUT2D eigenvalue weighted by molar-refractivity contribution is 0.00578. The molecule has 2 aromatic heterocycles. The summed E-state index contributed by atoms with van der Waals surface area (Å²) in [7, 11) is -0.999. The molecule has 1 aliphatic carbocycles. The van der Waals surface area contributed by atoms with Crippen LogP contribution in [-0.4, -0.2) is 33.1 Å². The zero-order valence-corrected chi connectivity index (χ0v) is 16.3. The molecule has 0 spiro atoms. The van der Waals surface area contributed by atoms with E-state index in [1.807, 2.05) is 50.6 Å². The Kier molecular flexibility index (Phi) is 4.47. The standard InChI is InChI=1S/C20H25BFN3O2/c1-19(2)20(3,4)27-21(26-19)18(22)11-16-10-17(15-6-5-9-23-12-15)24-25(16)13-14-7-8-14/h5-6,9-12,14H,7-8,13H2,1-4H3. The summed E-state index contributed by atoms with van der Waals surface area (Å²) < 4.78 is 28.5. The molecular weight excluding hydrogens is 344 g/mol. The average Bonchev–Trinajstić information content (AvgIpc) is 3.29. The molecule has 0 amide bonds. The molecule has 1 aliphatic heterocycles. The highest BCUT2D eigenvalue weighted by Crippen LogP contribution is 2.39. The molecule has 0 bridgehead atoms. The lowest BCUT2D eigenvalue weighted by Crippen LogP contribution is -2.41. The molecular formula is C20H25BFN3O2. The molecule has 0 N–H and O–H groups in total. The van der Waals surface area contributed by atoms with Crippen LogP contribution in [0.5, 0.6) is 0 Å². The molecule has 7 heteroatoms. The summed E-state index contributed by atoms with van der Waals surface area (Å²) in [5.74, 6) is 0.624. The molecule has 142 valence electrons. The van der Waals surface area contributed by atoms with E-state index in [0.29, 0.717) is 11.6 Å². The molecule has 27 heavy (non-hydrogen) atoms. The van der Waals surface area contributed by atoms with E-state index in [1.54, 1.807) is 12.4 Å². The molecule has 2 aromatic rings. The summed E-state index contributed by atoms with van der Waals surface area (Å²) in [4.78, 5) is 4.15. The summed E-state index contributed by atoms with van der Waals surface area (Å²) >= 11 is 0. The van der Waals surface area contributed by atoms with Crippen LogP contribution in [0.1, 0.15) is 46.2 Å². The largest absolute Gasteiger partial charge is 0.525 e. The highest BCUT2D eigenvalue weighted by Gasteiger charge is 2.53. The minimum atomic E-state index is -0.999. The molecule has 0 unspecified atom stereocenters. The van der Waals surface area contributed by atoms with Gasteiger partial charge in [-0.3, -0.25) is 9.67 Å². The minimum absolute atomic E-state index is 0.441. The van der Waals surface area contributed by atoms with Gasteiger partial charge in [-0.2, -0.15) is 5.10 Å². The molecule has 4 rings (SSSR count). The number of halogens is 1. The highest BCUT2D eigenvalue weighted by atomic mass is 19.1. The van der Waals surface area contributed by atoms with Crippen molar-refractivity contribution < 1.29 is 13.7 Å². The normalized spacial score (nSPS) is 21.7. The third-order valence-electron chi connectivity index (χ3n) is 5.66. The van der Waals surface area contributed by atoms with E-state index >= 15 is 0 Å². The van der Waals surface area contributed by atoms with Crippen LogP contribution in [0, 0.1) is 5.92 Å². The van der Waals surface area contributed by atoms with Crippen molar-refractivity contribution in [1.82, 2.24) is 14.8 Å². The summed E-state index contributed by atoms with van der Waals surface area (Å²) in [5, 5.41) is 4.68. The van der Waals surface area contributed by atoms with Crippen molar-refractivity contribution in [3.05, 3.63) is 42.0 Å². The summed E-state index contributed by atoms with van der Waals surface area (Å²) in [6.07, 6.45) is 7.37. The van der Waals surface area contributed by atoms with Gasteiger partial charge in [0.05, 0.1) is 22.6 Å². The predicted molar refractivity (Wildman–Crippen MR) is 103 cm³/mol. The maximum atomic E-state index is 15.0. The van der Waals surface area contributed by atoms with Crippen molar-refractivity contribution in [2.24, 2.45) is 5.92 Å². The van der Waals surface area contributed by atoms with Crippen LogP contribution in [-0.2, 0) is 15.9 Å². The Labute approximate surface area is 159 Å². The Morgan fingerprint density at radius 1 is 1.30 bits per heavy atom. The van der Waals surface area contributed by atoms with Crippen molar-refractivity contribution in [1.29, 1.82) is 0 Å². The molecule has 0 aromatic carbocycles. The highest BCUT2D eigenvalue weighted by molar-refractivity contribution is 6.54. The first-order valence-corrected chi connectivity index (χ1v) is 9.46. The fourth-order valence-corrected chi connectivity index (χ4v) is 3.06. The van der Waals surface area contributed by atoms with Crippen LogP contribution in [0.2, 0.25) is 0 Å². The van der Waals surface area contributed by atoms with Gasteiger partial charge in [0, 0.05) is 24.5 Å². The first kappa shape index (κ1) is 18.4. The fourth-order valence-electron chi connectivity index (χ4n) is 3.06. The Balaban J connectivity index is 1.64. The van der Waals surface area contributed by atoms with Gasteiger partial charge in [0.1, 0.15) is 5.73 Å². The smallest absolute Gasteiger partial charge is 0.398 e. The molecule has 2 fully saturated rings. The van der Waals surface area contributed by atoms with E-state index in [0.717, 1.165) is 17.8 Å². The summed E-state index contributed by atoms with van der Waals surface area (Å²) in [6, 6.07) is 5.72. The topological polar surface area (TPSA) is 49.2 Å². The number of rotatable bonds is 5. The second-order valence-corrected chi connectivity index (χ2v) is 8.44. The summed E-state index contributed by atoms with van der Waals surface area (Å²) in [5.41, 5.74) is 0.835. The van der Waals surface area contributed by atoms with Gasteiger partial charge in [-0.1, -0.05) is 0 Å². The molecule has 1 saturated carbocycles. The van der Waals surface area contributed by atoms with Gasteiger partial charge in [-0.25, -0.2) is 4.39 Å². The van der Waals surface area contributed by atoms with Crippen LogP contribution >= 0.6 is 0 Å². The SMILES string of the molecule is CC1(C)OB(C(F)=Cc2cc(-c3cccnc3)nn2CC2CC2)OC1(C)C. The third kappa shape index (κ3) is 3.71. The van der Waals surface area contributed by atoms with E-state index in [9.17, 15) is 4.39 Å². The van der Waals surface area contributed by atoms with Crippen molar-refractivity contribution in [2.75, 3.05) is 0 Å². The quantitative estimate of drug-likeness (QED) is 0.738. The Bertz CT molecular complexity index is 843. The van der Waals surface area contributed by atoms with Gasteiger partial charge in [0.25, 0.3) is 0 Å². The Morgan fingerprint density at radius 2 is 2.00 bits per heavy atom. The van der Waals surface area contributed by atoms with Crippen molar-refractivity contribution >= 4 is 13.2 Å². The van der Waals surface area contributed by atoms with Crippen LogP contribution in [0.4, 0.5) is 4.39 Å². The first-order valence-electron chi connectivity index (χ1n) is 9.46. The van der Waals surface area contributed by atoms with Gasteiger partial charge in [0.15, 0.2) is 0 Å². The number of aromatic nitrogens is 3. The van der Waals surface area contributed by atoms with E-state index in [1.165, 1.54) is 18.9 Å². The summed E-state index contributed by atoms with van der Waals surface area (Å²) in [6.45, 7) is 8.45. The molecule has 0 atom stereocenters. The Morgan fingerprint density at radius 3 is 2.59 bits per heavy atom. The van der Waals surface area contributed by atoms with Gasteiger partial charge < -0.3 is 9.31 Å². The second kappa shape index (κ2) is 6.57. The van der Waals surface area contributed by atoms with Gasteiger partial charge >= 0.3 is 7.12 Å². The van der Waals surface area contributed by atoms with Gasteiger partial charge in [-0.05, 0) is 70.7 Å². The predicted octanol–water partition coefficient (Wildman–Crippen LogP) is 4.30. The van der Waals surface area contributed by atoms with E-state index in [2.05, 4.69) is 10.1 Å². The van der Waals surface area contributed by atoms with Crippen molar-refractivity contribution in [2.45, 2.75) is 58.3 Å². The number of hydrogen-bond donors (Lipinski definition) is 0. The van der Waals surface area contributed by atoms with Crippen molar-refractivity contribution in [3.63, 3.8) is 0 Å². The van der Waals surface area contributed by atoms with Crippen molar-refractivity contribution in [3.8, 4) is 11.3 Å². The van der Waals surface area contributed by atoms with Crippen LogP contribution < -0.4 is 0 Å². The maximum absolute atomic E-state index is 15.0. The van der Waals surface area contributed by atoms with Crippen LogP contribution in [0.15, 0.2) is 36.3 Å². The minimum Gasteiger partial charge on any atom is -0.398 e. The first-order chi connectivity index (χ1) is 12.7. The van der Waals surface area contributed by atoms with E-state index < -0.39 is 24.0 Å². The molecule has 0 radical (unpaired) electrons. The average molecular weight is 369 g/mol. The fraction of sp³-hybridized carbons (Fsp3) is 0.500. The zero-order chi connectivity index (χ0) is 19.2. The molecule has 5 nitrogen and oxygen atoms in total. The maximum Gasteiger partial charge on any atom is 0.525 e. The van der Waals surface area contributed by atoms with E-state index in [4.69, 9.17) is 9.31 Å². The number of hydrogen-bond acceptors (Lipinski definition) is 4. The monoisotopic (exact) mass is 369 g/mol. The zero-order valence-electron chi connectivity index (χ0n) is 16.3. The lowest BCUT2D eigenvalue weighted by Gasteiger charge is -2.32.